The number of carbonyl (C=O) groups is 1. The topological polar surface area (TPSA) is 26.3 Å². The van der Waals surface area contributed by atoms with Gasteiger partial charge in [-0.25, -0.2) is 4.79 Å². The number of benzene rings is 1. The average Bonchev–Trinajstić information content (AvgIpc) is 2.28. The van der Waals surface area contributed by atoms with Gasteiger partial charge in [0.15, 0.2) is 0 Å². The zero-order valence-electron chi connectivity index (χ0n) is 11.1. The van der Waals surface area contributed by atoms with Gasteiger partial charge in [0.25, 0.3) is 0 Å². The summed E-state index contributed by atoms with van der Waals surface area (Å²) in [5.74, 6) is 0.668. The number of hydrogen-bond donors (Lipinski definition) is 0. The Kier molecular flexibility index (Phi) is 5.20. The highest BCUT2D eigenvalue weighted by atomic mass is 16.5. The molecule has 94 valence electrons. The third-order valence-electron chi connectivity index (χ3n) is 2.72. The highest BCUT2D eigenvalue weighted by Crippen LogP contribution is 2.18. The Hall–Kier alpha value is -1.31. The fourth-order valence-electron chi connectivity index (χ4n) is 1.70. The van der Waals surface area contributed by atoms with Gasteiger partial charge < -0.3 is 4.74 Å². The molecular weight excluding hydrogens is 212 g/mol. The molecule has 0 saturated heterocycles. The van der Waals surface area contributed by atoms with Crippen molar-refractivity contribution in [2.24, 2.45) is 11.8 Å². The summed E-state index contributed by atoms with van der Waals surface area (Å²) in [6.07, 6.45) is 0.915. The van der Waals surface area contributed by atoms with Crippen LogP contribution in [0.25, 0.3) is 0 Å². The van der Waals surface area contributed by atoms with Gasteiger partial charge in [-0.1, -0.05) is 45.9 Å². The van der Waals surface area contributed by atoms with Crippen molar-refractivity contribution >= 4 is 5.97 Å². The molecule has 2 heteroatoms. The molecule has 17 heavy (non-hydrogen) atoms. The zero-order chi connectivity index (χ0) is 12.8. The van der Waals surface area contributed by atoms with E-state index >= 15 is 0 Å². The van der Waals surface area contributed by atoms with Gasteiger partial charge in [0, 0.05) is 0 Å². The Morgan fingerprint density at radius 1 is 1.12 bits per heavy atom. The fraction of sp³-hybridized carbons (Fsp3) is 0.533. The van der Waals surface area contributed by atoms with Crippen molar-refractivity contribution in [1.82, 2.24) is 0 Å². The molecule has 0 amide bonds. The lowest BCUT2D eigenvalue weighted by molar-refractivity contribution is 0.0122. The first-order chi connectivity index (χ1) is 8.00. The van der Waals surface area contributed by atoms with Crippen LogP contribution in [0.4, 0.5) is 0 Å². The summed E-state index contributed by atoms with van der Waals surface area (Å²) < 4.78 is 5.57. The number of ether oxygens (including phenoxy) is 1. The van der Waals surface area contributed by atoms with Crippen molar-refractivity contribution in [3.05, 3.63) is 35.9 Å². The van der Waals surface area contributed by atoms with Gasteiger partial charge in [0.05, 0.1) is 5.56 Å². The Bertz CT molecular complexity index is 341. The number of esters is 1. The van der Waals surface area contributed by atoms with Crippen LogP contribution >= 0.6 is 0 Å². The van der Waals surface area contributed by atoms with E-state index in [1.54, 1.807) is 12.1 Å². The summed E-state index contributed by atoms with van der Waals surface area (Å²) in [4.78, 5) is 11.9. The first-order valence-electron chi connectivity index (χ1n) is 6.26. The Morgan fingerprint density at radius 2 is 1.71 bits per heavy atom. The van der Waals surface area contributed by atoms with Crippen molar-refractivity contribution < 1.29 is 9.53 Å². The molecule has 0 N–H and O–H groups in total. The van der Waals surface area contributed by atoms with E-state index in [9.17, 15) is 4.79 Å². The number of carbonyl (C=O) groups excluding carboxylic acids is 1. The summed E-state index contributed by atoms with van der Waals surface area (Å²) in [5, 5.41) is 0. The molecule has 1 aromatic rings. The van der Waals surface area contributed by atoms with E-state index in [4.69, 9.17) is 4.74 Å². The molecule has 0 fully saturated rings. The molecule has 2 nitrogen and oxygen atoms in total. The van der Waals surface area contributed by atoms with Gasteiger partial charge in [0.2, 0.25) is 0 Å². The highest BCUT2D eigenvalue weighted by molar-refractivity contribution is 5.89. The lowest BCUT2D eigenvalue weighted by Gasteiger charge is -2.23. The average molecular weight is 234 g/mol. The van der Waals surface area contributed by atoms with Crippen LogP contribution in [0.15, 0.2) is 30.3 Å². The van der Waals surface area contributed by atoms with Crippen molar-refractivity contribution in [2.45, 2.75) is 40.2 Å². The molecule has 0 aliphatic carbocycles. The molecule has 0 bridgehead atoms. The van der Waals surface area contributed by atoms with Gasteiger partial charge in [-0.3, -0.25) is 0 Å². The molecule has 0 saturated carbocycles. The van der Waals surface area contributed by atoms with E-state index < -0.39 is 0 Å². The molecule has 1 aromatic carbocycles. The monoisotopic (exact) mass is 234 g/mol. The minimum atomic E-state index is -0.218. The highest BCUT2D eigenvalue weighted by Gasteiger charge is 2.20. The quantitative estimate of drug-likeness (QED) is 0.722. The molecule has 0 heterocycles. The summed E-state index contributed by atoms with van der Waals surface area (Å²) in [6, 6.07) is 9.17. The maximum absolute atomic E-state index is 11.9. The summed E-state index contributed by atoms with van der Waals surface area (Å²) >= 11 is 0. The molecule has 0 aromatic heterocycles. The SMILES string of the molecule is CC(C)CC(OC(=O)c1ccccc1)C(C)C. The molecule has 0 aliphatic rings. The summed E-state index contributed by atoms with van der Waals surface area (Å²) in [6.45, 7) is 8.47. The summed E-state index contributed by atoms with van der Waals surface area (Å²) in [7, 11) is 0. The third-order valence-corrected chi connectivity index (χ3v) is 2.72. The van der Waals surface area contributed by atoms with Gasteiger partial charge in [-0.15, -0.1) is 0 Å². The van der Waals surface area contributed by atoms with E-state index in [0.29, 0.717) is 17.4 Å². The lowest BCUT2D eigenvalue weighted by Crippen LogP contribution is -2.25. The Morgan fingerprint density at radius 3 is 2.18 bits per heavy atom. The van der Waals surface area contributed by atoms with E-state index in [1.165, 1.54) is 0 Å². The second kappa shape index (κ2) is 6.43. The molecule has 1 atom stereocenters. The fourth-order valence-corrected chi connectivity index (χ4v) is 1.70. The maximum Gasteiger partial charge on any atom is 0.338 e. The van der Waals surface area contributed by atoms with E-state index in [-0.39, 0.29) is 12.1 Å². The molecule has 1 rings (SSSR count). The van der Waals surface area contributed by atoms with Crippen LogP contribution in [-0.4, -0.2) is 12.1 Å². The van der Waals surface area contributed by atoms with Crippen LogP contribution in [0.3, 0.4) is 0 Å². The van der Waals surface area contributed by atoms with Crippen molar-refractivity contribution in [3.63, 3.8) is 0 Å². The minimum Gasteiger partial charge on any atom is -0.459 e. The number of hydrogen-bond acceptors (Lipinski definition) is 2. The summed E-state index contributed by atoms with van der Waals surface area (Å²) in [5.41, 5.74) is 0.627. The molecule has 0 spiro atoms. The molecule has 1 unspecified atom stereocenters. The number of rotatable bonds is 5. The van der Waals surface area contributed by atoms with Crippen molar-refractivity contribution in [3.8, 4) is 0 Å². The van der Waals surface area contributed by atoms with Crippen LogP contribution < -0.4 is 0 Å². The minimum absolute atomic E-state index is 0.00251. The first-order valence-corrected chi connectivity index (χ1v) is 6.26. The first kappa shape index (κ1) is 13.8. The van der Waals surface area contributed by atoms with Crippen LogP contribution in [-0.2, 0) is 4.74 Å². The van der Waals surface area contributed by atoms with E-state index in [0.717, 1.165) is 6.42 Å². The molecular formula is C15H22O2. The van der Waals surface area contributed by atoms with Crippen LogP contribution in [0.5, 0.6) is 0 Å². The van der Waals surface area contributed by atoms with Gasteiger partial charge in [-0.05, 0) is 30.4 Å². The van der Waals surface area contributed by atoms with Gasteiger partial charge >= 0.3 is 5.97 Å². The predicted octanol–water partition coefficient (Wildman–Crippen LogP) is 3.91. The Balaban J connectivity index is 2.65. The molecule has 0 aliphatic heterocycles. The van der Waals surface area contributed by atoms with Crippen LogP contribution in [0, 0.1) is 11.8 Å². The Labute approximate surface area is 104 Å². The predicted molar refractivity (Wildman–Crippen MR) is 69.9 cm³/mol. The lowest BCUT2D eigenvalue weighted by atomic mass is 9.97. The van der Waals surface area contributed by atoms with Gasteiger partial charge in [-0.2, -0.15) is 0 Å². The smallest absolute Gasteiger partial charge is 0.338 e. The van der Waals surface area contributed by atoms with Gasteiger partial charge in [0.1, 0.15) is 6.10 Å². The second-order valence-corrected chi connectivity index (χ2v) is 5.18. The van der Waals surface area contributed by atoms with E-state index in [1.807, 2.05) is 18.2 Å². The van der Waals surface area contributed by atoms with E-state index in [2.05, 4.69) is 27.7 Å². The standard InChI is InChI=1S/C15H22O2/c1-11(2)10-14(12(3)4)17-15(16)13-8-6-5-7-9-13/h5-9,11-12,14H,10H2,1-4H3. The largest absolute Gasteiger partial charge is 0.459 e. The third kappa shape index (κ3) is 4.59. The van der Waals surface area contributed by atoms with Crippen molar-refractivity contribution in [1.29, 1.82) is 0 Å². The maximum atomic E-state index is 11.9. The second-order valence-electron chi connectivity index (χ2n) is 5.18. The van der Waals surface area contributed by atoms with Crippen molar-refractivity contribution in [2.75, 3.05) is 0 Å². The molecule has 0 radical (unpaired) electrons. The van der Waals surface area contributed by atoms with Crippen LogP contribution in [0.1, 0.15) is 44.5 Å². The van der Waals surface area contributed by atoms with Crippen LogP contribution in [0.2, 0.25) is 0 Å². The normalized spacial score (nSPS) is 12.8. The zero-order valence-corrected chi connectivity index (χ0v) is 11.1.